The number of Topliss-reactive ketones (excluding diaryl/α,β-unsaturated/α-hetero) is 1. The molecule has 0 N–H and O–H groups in total. The van der Waals surface area contributed by atoms with Gasteiger partial charge >= 0.3 is 0 Å². The van der Waals surface area contributed by atoms with Gasteiger partial charge in [-0.05, 0) is 6.42 Å². The summed E-state index contributed by atoms with van der Waals surface area (Å²) in [6, 6.07) is 19.4. The fourth-order valence-corrected chi connectivity index (χ4v) is 6.29. The highest BCUT2D eigenvalue weighted by Gasteiger charge is 2.64. The highest BCUT2D eigenvalue weighted by atomic mass is 16.8. The molecule has 10 heteroatoms. The normalized spacial score (nSPS) is 39.2. The van der Waals surface area contributed by atoms with Crippen LogP contribution in [0.3, 0.4) is 0 Å². The summed E-state index contributed by atoms with van der Waals surface area (Å²) in [6.45, 7) is 0.539. The molecule has 9 atom stereocenters. The molecule has 0 aromatic heterocycles. The van der Waals surface area contributed by atoms with Crippen LogP contribution in [-0.4, -0.2) is 75.8 Å². The fourth-order valence-electron chi connectivity index (χ4n) is 6.29. The third kappa shape index (κ3) is 4.31. The number of ketones is 1. The van der Waals surface area contributed by atoms with Crippen LogP contribution >= 0.6 is 0 Å². The third-order valence-electron chi connectivity index (χ3n) is 8.23. The molecule has 3 saturated heterocycles. The molecule has 40 heavy (non-hydrogen) atoms. The Morgan fingerprint density at radius 2 is 1.35 bits per heavy atom. The van der Waals surface area contributed by atoms with Gasteiger partial charge in [-0.25, -0.2) is 0 Å². The number of benzene rings is 2. The minimum atomic E-state index is -1.39. The lowest BCUT2D eigenvalue weighted by Gasteiger charge is -2.54. The van der Waals surface area contributed by atoms with Crippen LogP contribution < -0.4 is 0 Å². The van der Waals surface area contributed by atoms with Gasteiger partial charge in [0.15, 0.2) is 18.3 Å². The molecule has 2 aromatic carbocycles. The summed E-state index contributed by atoms with van der Waals surface area (Å²) in [7, 11) is 2.98. The lowest BCUT2D eigenvalue weighted by molar-refractivity contribution is -0.346. The van der Waals surface area contributed by atoms with Crippen molar-refractivity contribution in [2.24, 2.45) is 0 Å². The van der Waals surface area contributed by atoms with Gasteiger partial charge in [0, 0.05) is 37.3 Å². The molecule has 3 fully saturated rings. The van der Waals surface area contributed by atoms with Crippen molar-refractivity contribution < 1.29 is 47.4 Å². The van der Waals surface area contributed by atoms with E-state index in [0.29, 0.717) is 25.2 Å². The van der Waals surface area contributed by atoms with Gasteiger partial charge in [-0.3, -0.25) is 4.79 Å². The lowest BCUT2D eigenvalue weighted by atomic mass is 9.76. The van der Waals surface area contributed by atoms with Gasteiger partial charge < -0.3 is 42.6 Å². The second-order valence-corrected chi connectivity index (χ2v) is 10.5. The van der Waals surface area contributed by atoms with Crippen LogP contribution in [0.15, 0.2) is 72.0 Å². The Bertz CT molecular complexity index is 1250. The molecule has 0 unspecified atom stereocenters. The van der Waals surface area contributed by atoms with Gasteiger partial charge in [-0.15, -0.1) is 0 Å². The summed E-state index contributed by atoms with van der Waals surface area (Å²) in [5.41, 5.74) is 1.26. The van der Waals surface area contributed by atoms with E-state index in [-0.39, 0.29) is 18.5 Å². The van der Waals surface area contributed by atoms with Gasteiger partial charge in [0.25, 0.3) is 0 Å². The third-order valence-corrected chi connectivity index (χ3v) is 8.23. The summed E-state index contributed by atoms with van der Waals surface area (Å²) < 4.78 is 55.0. The SMILES string of the molecule is CO[C@@H]1O[C@@H]2CO[C@H](c3ccccc3)O[C@@H]2[C@]2(CCC3=C(O2)[C@@H](OC)O[C@@H]2CO[C@@H](c4ccccc4)O[C@@H]32)C1=O. The zero-order chi connectivity index (χ0) is 27.3. The molecule has 5 aliphatic heterocycles. The molecule has 0 amide bonds. The van der Waals surface area contributed by atoms with E-state index >= 15 is 0 Å². The minimum Gasteiger partial charge on any atom is -0.475 e. The van der Waals surface area contributed by atoms with Crippen LogP contribution in [0.5, 0.6) is 0 Å². The lowest BCUT2D eigenvalue weighted by Crippen LogP contribution is -2.70. The molecule has 5 heterocycles. The van der Waals surface area contributed by atoms with Crippen molar-refractivity contribution in [3.63, 3.8) is 0 Å². The predicted molar refractivity (Wildman–Crippen MR) is 136 cm³/mol. The molecule has 0 radical (unpaired) electrons. The first kappa shape index (κ1) is 26.2. The molecule has 0 saturated carbocycles. The van der Waals surface area contributed by atoms with Crippen LogP contribution in [0.2, 0.25) is 0 Å². The Hall–Kier alpha value is -2.67. The molecule has 212 valence electrons. The standard InChI is InChI=1S/C30H32O10/c1-32-28-23-19(22-20(36-28)15-34-26(38-22)17-9-5-3-6-10-17)13-14-30(40-23)24(31)29(33-2)37-21-16-35-27(39-25(21)30)18-11-7-4-8-12-18/h3-12,20-22,25-29H,13-16H2,1-2H3/t20-,21-,22+,25+,26-,27+,28+,29-,30+/m1/s1. The van der Waals surface area contributed by atoms with Crippen molar-refractivity contribution in [1.82, 2.24) is 0 Å². The molecular weight excluding hydrogens is 520 g/mol. The highest BCUT2D eigenvalue weighted by Crippen LogP contribution is 2.50. The molecule has 5 aliphatic rings. The average molecular weight is 553 g/mol. The van der Waals surface area contributed by atoms with Gasteiger partial charge in [0.1, 0.15) is 24.4 Å². The van der Waals surface area contributed by atoms with Crippen molar-refractivity contribution in [2.75, 3.05) is 27.4 Å². The van der Waals surface area contributed by atoms with E-state index < -0.39 is 49.1 Å². The first-order valence-electron chi connectivity index (χ1n) is 13.6. The quantitative estimate of drug-likeness (QED) is 0.562. The van der Waals surface area contributed by atoms with E-state index in [2.05, 4.69) is 0 Å². The zero-order valence-electron chi connectivity index (χ0n) is 22.3. The van der Waals surface area contributed by atoms with E-state index in [1.807, 2.05) is 60.7 Å². The number of methoxy groups -OCH3 is 2. The Labute approximate surface area is 232 Å². The van der Waals surface area contributed by atoms with Gasteiger partial charge in [0.2, 0.25) is 24.0 Å². The van der Waals surface area contributed by atoms with Crippen molar-refractivity contribution in [3.05, 3.63) is 83.1 Å². The zero-order valence-corrected chi connectivity index (χ0v) is 22.3. The Kier molecular flexibility index (Phi) is 6.97. The van der Waals surface area contributed by atoms with Gasteiger partial charge in [-0.1, -0.05) is 60.7 Å². The molecule has 0 bridgehead atoms. The molecule has 0 aliphatic carbocycles. The van der Waals surface area contributed by atoms with E-state index in [4.69, 9.17) is 42.6 Å². The summed E-state index contributed by atoms with van der Waals surface area (Å²) in [4.78, 5) is 14.0. The largest absolute Gasteiger partial charge is 0.475 e. The van der Waals surface area contributed by atoms with Crippen molar-refractivity contribution in [2.45, 2.75) is 68.0 Å². The van der Waals surface area contributed by atoms with Crippen LogP contribution in [0.25, 0.3) is 0 Å². The number of hydrogen-bond donors (Lipinski definition) is 0. The van der Waals surface area contributed by atoms with Crippen LogP contribution in [0.4, 0.5) is 0 Å². The maximum atomic E-state index is 14.0. The molecular formula is C30H32O10. The number of carbonyl (C=O) groups excluding carboxylic acids is 1. The average Bonchev–Trinajstić information content (AvgIpc) is 3.02. The first-order valence-corrected chi connectivity index (χ1v) is 13.6. The number of fused-ring (bicyclic) bond motifs is 4. The van der Waals surface area contributed by atoms with Gasteiger partial charge in [0.05, 0.1) is 13.2 Å². The highest BCUT2D eigenvalue weighted by molar-refractivity contribution is 5.92. The number of carbonyl (C=O) groups is 1. The van der Waals surface area contributed by atoms with E-state index in [1.54, 1.807) is 7.11 Å². The fraction of sp³-hybridized carbons (Fsp3) is 0.500. The first-order chi connectivity index (χ1) is 19.6. The Morgan fingerprint density at radius 3 is 2.00 bits per heavy atom. The molecule has 2 aromatic rings. The number of hydrogen-bond acceptors (Lipinski definition) is 10. The monoisotopic (exact) mass is 552 g/mol. The summed E-state index contributed by atoms with van der Waals surface area (Å²) in [5.74, 6) is 0.0856. The summed E-state index contributed by atoms with van der Waals surface area (Å²) >= 11 is 0. The molecule has 1 spiro atoms. The van der Waals surface area contributed by atoms with Crippen LogP contribution in [0, 0.1) is 0 Å². The molecule has 10 nitrogen and oxygen atoms in total. The number of ether oxygens (including phenoxy) is 9. The van der Waals surface area contributed by atoms with Crippen molar-refractivity contribution in [3.8, 4) is 0 Å². The second-order valence-electron chi connectivity index (χ2n) is 10.5. The van der Waals surface area contributed by atoms with Crippen molar-refractivity contribution >= 4 is 5.78 Å². The van der Waals surface area contributed by atoms with E-state index in [0.717, 1.165) is 16.7 Å². The summed E-state index contributed by atoms with van der Waals surface area (Å²) in [6.07, 6.45) is -4.47. The van der Waals surface area contributed by atoms with Crippen LogP contribution in [-0.2, 0) is 47.4 Å². The van der Waals surface area contributed by atoms with E-state index in [9.17, 15) is 4.79 Å². The van der Waals surface area contributed by atoms with E-state index in [1.165, 1.54) is 7.11 Å². The van der Waals surface area contributed by atoms with Crippen LogP contribution in [0.1, 0.15) is 36.5 Å². The topological polar surface area (TPSA) is 100 Å². The van der Waals surface area contributed by atoms with Crippen molar-refractivity contribution in [1.29, 1.82) is 0 Å². The maximum Gasteiger partial charge on any atom is 0.234 e. The second kappa shape index (κ2) is 10.6. The minimum absolute atomic E-state index is 0.211. The predicted octanol–water partition coefficient (Wildman–Crippen LogP) is 3.33. The number of rotatable bonds is 4. The smallest absolute Gasteiger partial charge is 0.234 e. The Morgan fingerprint density at radius 1 is 0.750 bits per heavy atom. The maximum absolute atomic E-state index is 14.0. The summed E-state index contributed by atoms with van der Waals surface area (Å²) in [5, 5.41) is 0. The Balaban J connectivity index is 1.23. The van der Waals surface area contributed by atoms with Gasteiger partial charge in [-0.2, -0.15) is 0 Å². The molecule has 7 rings (SSSR count).